The number of ether oxygens (including phenoxy) is 2. The number of nitrogens with one attached hydrogen (secondary N) is 1. The molecule has 1 unspecified atom stereocenters. The van der Waals surface area contributed by atoms with Crippen LogP contribution in [0.5, 0.6) is 5.75 Å². The van der Waals surface area contributed by atoms with Gasteiger partial charge in [0.15, 0.2) is 0 Å². The molecule has 1 atom stereocenters. The number of hydrogen-bond donors (Lipinski definition) is 1. The number of carbonyl (C=O) groups is 2. The van der Waals surface area contributed by atoms with Gasteiger partial charge in [-0.15, -0.1) is 0 Å². The molecule has 3 rings (SSSR count). The zero-order valence-corrected chi connectivity index (χ0v) is 12.7. The Balaban J connectivity index is 1.69. The average molecular weight is 311 g/mol. The smallest absolute Gasteiger partial charge is 0.337 e. The molecule has 2 aromatic carbocycles. The van der Waals surface area contributed by atoms with Gasteiger partial charge in [-0.2, -0.15) is 0 Å². The Kier molecular flexibility index (Phi) is 4.28. The maximum absolute atomic E-state index is 12.4. The van der Waals surface area contributed by atoms with Gasteiger partial charge in [0, 0.05) is 5.69 Å². The normalized spacial score (nSPS) is 16.0. The van der Waals surface area contributed by atoms with E-state index in [-0.39, 0.29) is 11.8 Å². The Morgan fingerprint density at radius 1 is 1.17 bits per heavy atom. The molecule has 1 heterocycles. The van der Waals surface area contributed by atoms with Gasteiger partial charge >= 0.3 is 5.97 Å². The summed E-state index contributed by atoms with van der Waals surface area (Å²) in [6.07, 6.45) is 0.638. The molecular formula is C18H17NO4. The molecule has 0 fully saturated rings. The highest BCUT2D eigenvalue weighted by Crippen LogP contribution is 2.27. The van der Waals surface area contributed by atoms with E-state index >= 15 is 0 Å². The monoisotopic (exact) mass is 311 g/mol. The topological polar surface area (TPSA) is 64.6 Å². The standard InChI is InChI=1S/C18H17NO4/c1-22-18(21)13-6-4-7-15(10-13)19-17(20)14-9-12-5-2-3-8-16(12)23-11-14/h2-8,10,14H,9,11H2,1H3,(H,19,20). The van der Waals surface area contributed by atoms with E-state index in [4.69, 9.17) is 4.74 Å². The van der Waals surface area contributed by atoms with Crippen LogP contribution in [0.1, 0.15) is 15.9 Å². The fourth-order valence-corrected chi connectivity index (χ4v) is 2.58. The van der Waals surface area contributed by atoms with Crippen molar-refractivity contribution >= 4 is 17.6 Å². The van der Waals surface area contributed by atoms with Gasteiger partial charge in [0.2, 0.25) is 5.91 Å². The predicted octanol–water partition coefficient (Wildman–Crippen LogP) is 2.66. The van der Waals surface area contributed by atoms with E-state index in [1.54, 1.807) is 24.3 Å². The van der Waals surface area contributed by atoms with Crippen LogP contribution in [0.2, 0.25) is 0 Å². The highest BCUT2D eigenvalue weighted by Gasteiger charge is 2.25. The summed E-state index contributed by atoms with van der Waals surface area (Å²) in [6, 6.07) is 14.4. The number of hydrogen-bond acceptors (Lipinski definition) is 4. The largest absolute Gasteiger partial charge is 0.492 e. The van der Waals surface area contributed by atoms with Crippen molar-refractivity contribution in [2.75, 3.05) is 19.0 Å². The number of fused-ring (bicyclic) bond motifs is 1. The van der Waals surface area contributed by atoms with Crippen molar-refractivity contribution in [2.45, 2.75) is 6.42 Å². The molecule has 0 aromatic heterocycles. The van der Waals surface area contributed by atoms with Crippen LogP contribution in [-0.2, 0) is 16.0 Å². The molecule has 1 N–H and O–H groups in total. The summed E-state index contributed by atoms with van der Waals surface area (Å²) in [5, 5.41) is 2.84. The minimum absolute atomic E-state index is 0.124. The van der Waals surface area contributed by atoms with Crippen LogP contribution in [0, 0.1) is 5.92 Å². The first-order chi connectivity index (χ1) is 11.2. The van der Waals surface area contributed by atoms with Gasteiger partial charge in [-0.3, -0.25) is 4.79 Å². The second-order valence-electron chi connectivity index (χ2n) is 5.38. The van der Waals surface area contributed by atoms with E-state index in [0.717, 1.165) is 11.3 Å². The van der Waals surface area contributed by atoms with Crippen LogP contribution in [0.4, 0.5) is 5.69 Å². The van der Waals surface area contributed by atoms with Crippen molar-refractivity contribution in [1.29, 1.82) is 0 Å². The lowest BCUT2D eigenvalue weighted by Gasteiger charge is -2.24. The lowest BCUT2D eigenvalue weighted by Crippen LogP contribution is -2.32. The van der Waals surface area contributed by atoms with Gasteiger partial charge in [0.25, 0.3) is 0 Å². The SMILES string of the molecule is COC(=O)c1cccc(NC(=O)C2COc3ccccc3C2)c1. The zero-order valence-electron chi connectivity index (χ0n) is 12.7. The quantitative estimate of drug-likeness (QED) is 0.885. The first-order valence-electron chi connectivity index (χ1n) is 7.37. The Morgan fingerprint density at radius 2 is 2.00 bits per heavy atom. The summed E-state index contributed by atoms with van der Waals surface area (Å²) in [5.74, 6) is 0.0217. The van der Waals surface area contributed by atoms with Gasteiger partial charge in [0.1, 0.15) is 12.4 Å². The number of amides is 1. The summed E-state index contributed by atoms with van der Waals surface area (Å²) < 4.78 is 10.3. The minimum atomic E-state index is -0.434. The summed E-state index contributed by atoms with van der Waals surface area (Å²) >= 11 is 0. The molecule has 23 heavy (non-hydrogen) atoms. The lowest BCUT2D eigenvalue weighted by atomic mass is 9.96. The van der Waals surface area contributed by atoms with Crippen molar-refractivity contribution in [2.24, 2.45) is 5.92 Å². The number of methoxy groups -OCH3 is 1. The third-order valence-electron chi connectivity index (χ3n) is 3.80. The van der Waals surface area contributed by atoms with E-state index in [1.165, 1.54) is 7.11 Å². The van der Waals surface area contributed by atoms with E-state index < -0.39 is 5.97 Å². The average Bonchev–Trinajstić information content (AvgIpc) is 2.60. The van der Waals surface area contributed by atoms with Crippen LogP contribution >= 0.6 is 0 Å². The van der Waals surface area contributed by atoms with Crippen molar-refractivity contribution < 1.29 is 19.1 Å². The van der Waals surface area contributed by atoms with Crippen molar-refractivity contribution in [1.82, 2.24) is 0 Å². The fourth-order valence-electron chi connectivity index (χ4n) is 2.58. The predicted molar refractivity (Wildman–Crippen MR) is 85.5 cm³/mol. The van der Waals surface area contributed by atoms with E-state index in [9.17, 15) is 9.59 Å². The van der Waals surface area contributed by atoms with Gasteiger partial charge < -0.3 is 14.8 Å². The molecule has 0 saturated carbocycles. The molecule has 1 aliphatic rings. The minimum Gasteiger partial charge on any atom is -0.492 e. The van der Waals surface area contributed by atoms with Crippen LogP contribution in [-0.4, -0.2) is 25.6 Å². The van der Waals surface area contributed by atoms with Crippen LogP contribution in [0.25, 0.3) is 0 Å². The molecule has 1 amide bonds. The molecule has 0 bridgehead atoms. The molecule has 0 spiro atoms. The zero-order chi connectivity index (χ0) is 16.2. The molecule has 0 saturated heterocycles. The van der Waals surface area contributed by atoms with Gasteiger partial charge in [-0.25, -0.2) is 4.79 Å². The summed E-state index contributed by atoms with van der Waals surface area (Å²) in [4.78, 5) is 24.0. The van der Waals surface area contributed by atoms with Crippen LogP contribution < -0.4 is 10.1 Å². The number of carbonyl (C=O) groups excluding carboxylic acids is 2. The molecule has 0 radical (unpaired) electrons. The Morgan fingerprint density at radius 3 is 2.83 bits per heavy atom. The van der Waals surface area contributed by atoms with Crippen LogP contribution in [0.15, 0.2) is 48.5 Å². The van der Waals surface area contributed by atoms with Crippen molar-refractivity contribution in [3.8, 4) is 5.75 Å². The number of para-hydroxylation sites is 1. The Bertz CT molecular complexity index is 741. The van der Waals surface area contributed by atoms with Gasteiger partial charge in [-0.05, 0) is 36.2 Å². The molecule has 0 aliphatic carbocycles. The van der Waals surface area contributed by atoms with Gasteiger partial charge in [-0.1, -0.05) is 24.3 Å². The van der Waals surface area contributed by atoms with Crippen molar-refractivity contribution in [3.63, 3.8) is 0 Å². The Labute approximate surface area is 134 Å². The molecule has 5 heteroatoms. The molecule has 118 valence electrons. The Hall–Kier alpha value is -2.82. The second-order valence-corrected chi connectivity index (χ2v) is 5.38. The third-order valence-corrected chi connectivity index (χ3v) is 3.80. The summed E-state index contributed by atoms with van der Waals surface area (Å²) in [5.41, 5.74) is 1.99. The molecule has 5 nitrogen and oxygen atoms in total. The fraction of sp³-hybridized carbons (Fsp3) is 0.222. The van der Waals surface area contributed by atoms with Crippen molar-refractivity contribution in [3.05, 3.63) is 59.7 Å². The summed E-state index contributed by atoms with van der Waals surface area (Å²) in [7, 11) is 1.32. The van der Waals surface area contributed by atoms with E-state index in [0.29, 0.717) is 24.3 Å². The number of rotatable bonds is 3. The number of esters is 1. The van der Waals surface area contributed by atoms with E-state index in [2.05, 4.69) is 10.1 Å². The van der Waals surface area contributed by atoms with Crippen LogP contribution in [0.3, 0.4) is 0 Å². The maximum Gasteiger partial charge on any atom is 0.337 e. The summed E-state index contributed by atoms with van der Waals surface area (Å²) in [6.45, 7) is 0.347. The highest BCUT2D eigenvalue weighted by atomic mass is 16.5. The number of benzene rings is 2. The first kappa shape index (κ1) is 15.1. The second kappa shape index (κ2) is 6.52. The van der Waals surface area contributed by atoms with Gasteiger partial charge in [0.05, 0.1) is 18.6 Å². The molecular weight excluding hydrogens is 294 g/mol. The third kappa shape index (κ3) is 3.34. The highest BCUT2D eigenvalue weighted by molar-refractivity contribution is 5.95. The molecule has 1 aliphatic heterocycles. The lowest BCUT2D eigenvalue weighted by molar-refractivity contribution is -0.121. The number of anilines is 1. The van der Waals surface area contributed by atoms with E-state index in [1.807, 2.05) is 24.3 Å². The molecule has 2 aromatic rings. The maximum atomic E-state index is 12.4. The first-order valence-corrected chi connectivity index (χ1v) is 7.37.